The molecule has 1 unspecified atom stereocenters. The molecule has 0 spiro atoms. The molecule has 11 heteroatoms. The number of carbonyl (C=O) groups excluding carboxylic acids is 3. The summed E-state index contributed by atoms with van der Waals surface area (Å²) in [5, 5.41) is 17.1. The van der Waals surface area contributed by atoms with E-state index in [4.69, 9.17) is 4.74 Å². The maximum atomic E-state index is 13.5. The number of nitrogens with zero attached hydrogens (tertiary/aromatic N) is 2. The second-order valence-corrected chi connectivity index (χ2v) is 12.0. The molecule has 5 rings (SSSR count). The Hall–Kier alpha value is -5.26. The van der Waals surface area contributed by atoms with Gasteiger partial charge in [0.15, 0.2) is 0 Å². The number of aryl methyl sites for hydroxylation is 1. The predicted octanol–water partition coefficient (Wildman–Crippen LogP) is 6.74. The molecule has 0 saturated heterocycles. The lowest BCUT2D eigenvalue weighted by Crippen LogP contribution is -2.30. The van der Waals surface area contributed by atoms with Crippen molar-refractivity contribution < 1.29 is 19.1 Å². The number of anilines is 2. The van der Waals surface area contributed by atoms with Crippen LogP contribution in [0.3, 0.4) is 0 Å². The van der Waals surface area contributed by atoms with Crippen molar-refractivity contribution in [2.45, 2.75) is 17.1 Å². The molecular weight excluding hydrogens is 607 g/mol. The number of para-hydroxylation sites is 1. The molecule has 0 saturated carbocycles. The van der Waals surface area contributed by atoms with Gasteiger partial charge in [-0.1, -0.05) is 78.1 Å². The Kier molecular flexibility index (Phi) is 10.4. The highest BCUT2D eigenvalue weighted by Gasteiger charge is 2.23. The Morgan fingerprint density at radius 3 is 2.16 bits per heavy atom. The average Bonchev–Trinajstić information content (AvgIpc) is 3.48. The van der Waals surface area contributed by atoms with Crippen LogP contribution in [0.15, 0.2) is 120 Å². The number of benzene rings is 4. The van der Waals surface area contributed by atoms with Crippen LogP contribution >= 0.6 is 23.1 Å². The lowest BCUT2D eigenvalue weighted by Gasteiger charge is -2.16. The number of rotatable bonds is 11. The molecule has 1 aromatic heterocycles. The molecule has 4 aromatic carbocycles. The van der Waals surface area contributed by atoms with Crippen LogP contribution in [0, 0.1) is 6.92 Å². The molecule has 0 bridgehead atoms. The molecule has 45 heavy (non-hydrogen) atoms. The van der Waals surface area contributed by atoms with Crippen molar-refractivity contribution >= 4 is 57.7 Å². The molecule has 0 radical (unpaired) electrons. The first kappa shape index (κ1) is 31.2. The van der Waals surface area contributed by atoms with E-state index >= 15 is 0 Å². The highest BCUT2D eigenvalue weighted by atomic mass is 32.2. The van der Waals surface area contributed by atoms with E-state index in [2.05, 4.69) is 26.1 Å². The van der Waals surface area contributed by atoms with Gasteiger partial charge < -0.3 is 15.4 Å². The van der Waals surface area contributed by atoms with Gasteiger partial charge in [0, 0.05) is 21.7 Å². The van der Waals surface area contributed by atoms with Gasteiger partial charge in [-0.15, -0.1) is 22.0 Å². The molecule has 0 fully saturated rings. The zero-order chi connectivity index (χ0) is 31.6. The number of ether oxygens (including phenoxy) is 1. The van der Waals surface area contributed by atoms with Gasteiger partial charge in [0.1, 0.15) is 21.7 Å². The highest BCUT2D eigenvalue weighted by molar-refractivity contribution is 8.00. The van der Waals surface area contributed by atoms with E-state index in [1.807, 2.05) is 67.6 Å². The maximum Gasteiger partial charge on any atom is 0.272 e. The molecule has 0 aliphatic carbocycles. The zero-order valence-electron chi connectivity index (χ0n) is 24.4. The second kappa shape index (κ2) is 15.0. The van der Waals surface area contributed by atoms with E-state index in [1.54, 1.807) is 54.6 Å². The van der Waals surface area contributed by atoms with Gasteiger partial charge in [0.2, 0.25) is 11.0 Å². The molecule has 1 atom stereocenters. The summed E-state index contributed by atoms with van der Waals surface area (Å²) in [7, 11) is 1.54. The quantitative estimate of drug-likeness (QED) is 0.109. The van der Waals surface area contributed by atoms with E-state index in [9.17, 15) is 14.4 Å². The van der Waals surface area contributed by atoms with Crippen LogP contribution in [0.5, 0.6) is 5.75 Å². The van der Waals surface area contributed by atoms with E-state index in [0.29, 0.717) is 27.7 Å². The lowest BCUT2D eigenvalue weighted by atomic mass is 10.1. The summed E-state index contributed by atoms with van der Waals surface area (Å²) in [4.78, 5) is 40.6. The summed E-state index contributed by atoms with van der Waals surface area (Å²) in [5.41, 5.74) is 2.42. The van der Waals surface area contributed by atoms with Gasteiger partial charge in [-0.05, 0) is 61.0 Å². The van der Waals surface area contributed by atoms with Gasteiger partial charge in [-0.25, -0.2) is 0 Å². The SMILES string of the molecule is COc1ccccc1/C=C(\NC(=O)c1ccccc1)C(=O)Nc1ccc(SC(C(=O)Nc2nnc(C)s2)c2ccccc2)cc1. The van der Waals surface area contributed by atoms with Crippen molar-refractivity contribution in [2.75, 3.05) is 17.7 Å². The molecule has 226 valence electrons. The number of hydrogen-bond acceptors (Lipinski definition) is 8. The molecule has 0 aliphatic rings. The van der Waals surface area contributed by atoms with Crippen LogP contribution in [-0.2, 0) is 9.59 Å². The number of nitrogens with one attached hydrogen (secondary N) is 3. The van der Waals surface area contributed by atoms with Gasteiger partial charge in [0.25, 0.3) is 11.8 Å². The van der Waals surface area contributed by atoms with Crippen molar-refractivity contribution in [3.8, 4) is 5.75 Å². The lowest BCUT2D eigenvalue weighted by molar-refractivity contribution is -0.116. The minimum absolute atomic E-state index is 0.0412. The molecule has 9 nitrogen and oxygen atoms in total. The largest absolute Gasteiger partial charge is 0.496 e. The van der Waals surface area contributed by atoms with Crippen molar-refractivity contribution in [2.24, 2.45) is 0 Å². The summed E-state index contributed by atoms with van der Waals surface area (Å²) in [6.45, 7) is 1.82. The maximum absolute atomic E-state index is 13.5. The first-order valence-electron chi connectivity index (χ1n) is 13.8. The topological polar surface area (TPSA) is 122 Å². The van der Waals surface area contributed by atoms with Crippen molar-refractivity contribution in [3.63, 3.8) is 0 Å². The fraction of sp³-hybridized carbons (Fsp3) is 0.0882. The van der Waals surface area contributed by atoms with E-state index < -0.39 is 17.1 Å². The smallest absolute Gasteiger partial charge is 0.272 e. The molecule has 5 aromatic rings. The standard InChI is InChI=1S/C34H29N5O4S2/c1-22-38-39-34(44-22)37-33(42)30(23-11-5-3-6-12-23)45-27-19-17-26(18-20-27)35-32(41)28(21-25-15-9-10-16-29(25)43-2)36-31(40)24-13-7-4-8-14-24/h3-21,30H,1-2H3,(H,35,41)(H,36,40)(H,37,39,42)/b28-21-. The van der Waals surface area contributed by atoms with Gasteiger partial charge >= 0.3 is 0 Å². The summed E-state index contributed by atoms with van der Waals surface area (Å²) < 4.78 is 5.44. The third-order valence-electron chi connectivity index (χ3n) is 6.43. The molecule has 0 aliphatic heterocycles. The Morgan fingerprint density at radius 2 is 1.49 bits per heavy atom. The number of carbonyl (C=O) groups is 3. The van der Waals surface area contributed by atoms with E-state index in [1.165, 1.54) is 30.2 Å². The Bertz CT molecular complexity index is 1810. The second-order valence-electron chi connectivity index (χ2n) is 9.62. The fourth-order valence-electron chi connectivity index (χ4n) is 4.25. The highest BCUT2D eigenvalue weighted by Crippen LogP contribution is 2.37. The van der Waals surface area contributed by atoms with Gasteiger partial charge in [-0.2, -0.15) is 0 Å². The molecular formula is C34H29N5O4S2. The fourth-order valence-corrected chi connectivity index (χ4v) is 5.87. The van der Waals surface area contributed by atoms with E-state index in [0.717, 1.165) is 15.5 Å². The number of hydrogen-bond donors (Lipinski definition) is 3. The first-order valence-corrected chi connectivity index (χ1v) is 15.5. The Balaban J connectivity index is 1.34. The molecule has 3 amide bonds. The van der Waals surface area contributed by atoms with Crippen molar-refractivity contribution in [1.29, 1.82) is 0 Å². The number of thioether (sulfide) groups is 1. The van der Waals surface area contributed by atoms with Crippen LogP contribution < -0.4 is 20.7 Å². The van der Waals surface area contributed by atoms with Crippen molar-refractivity contribution in [1.82, 2.24) is 15.5 Å². The van der Waals surface area contributed by atoms with Gasteiger partial charge in [-0.3, -0.25) is 19.7 Å². The number of methoxy groups -OCH3 is 1. The predicted molar refractivity (Wildman–Crippen MR) is 178 cm³/mol. The first-order chi connectivity index (χ1) is 21.9. The summed E-state index contributed by atoms with van der Waals surface area (Å²) in [5.74, 6) is -0.608. The van der Waals surface area contributed by atoms with Crippen LogP contribution in [-0.4, -0.2) is 35.0 Å². The van der Waals surface area contributed by atoms with Crippen LogP contribution in [0.1, 0.15) is 31.7 Å². The summed E-state index contributed by atoms with van der Waals surface area (Å²) >= 11 is 2.68. The van der Waals surface area contributed by atoms with Crippen LogP contribution in [0.25, 0.3) is 6.08 Å². The van der Waals surface area contributed by atoms with Gasteiger partial charge in [0.05, 0.1) is 7.11 Å². The average molecular weight is 636 g/mol. The third kappa shape index (κ3) is 8.43. The third-order valence-corrected chi connectivity index (χ3v) is 8.45. The van der Waals surface area contributed by atoms with Crippen LogP contribution in [0.4, 0.5) is 10.8 Å². The number of amides is 3. The zero-order valence-corrected chi connectivity index (χ0v) is 26.0. The Morgan fingerprint density at radius 1 is 0.822 bits per heavy atom. The minimum atomic E-state index is -0.556. The minimum Gasteiger partial charge on any atom is -0.496 e. The van der Waals surface area contributed by atoms with E-state index in [-0.39, 0.29) is 11.6 Å². The van der Waals surface area contributed by atoms with Crippen molar-refractivity contribution in [3.05, 3.63) is 137 Å². The Labute approximate surface area is 268 Å². The monoisotopic (exact) mass is 635 g/mol. The summed E-state index contributed by atoms with van der Waals surface area (Å²) in [6.07, 6.45) is 1.57. The normalized spacial score (nSPS) is 11.7. The summed E-state index contributed by atoms with van der Waals surface area (Å²) in [6, 6.07) is 32.5. The number of aromatic nitrogens is 2. The molecule has 3 N–H and O–H groups in total. The molecule has 1 heterocycles. The van der Waals surface area contributed by atoms with Crippen LogP contribution in [0.2, 0.25) is 0 Å².